The summed E-state index contributed by atoms with van der Waals surface area (Å²) >= 11 is 0. The summed E-state index contributed by atoms with van der Waals surface area (Å²) in [5.41, 5.74) is 4.06. The maximum absolute atomic E-state index is 12.7. The van der Waals surface area contributed by atoms with E-state index in [1.165, 1.54) is 5.56 Å². The van der Waals surface area contributed by atoms with Crippen LogP contribution in [-0.2, 0) is 11.2 Å². The van der Waals surface area contributed by atoms with Crippen LogP contribution in [0.1, 0.15) is 67.0 Å². The van der Waals surface area contributed by atoms with E-state index in [-0.39, 0.29) is 12.0 Å². The van der Waals surface area contributed by atoms with Gasteiger partial charge in [-0.25, -0.2) is 0 Å². The number of rotatable bonds is 10. The van der Waals surface area contributed by atoms with Crippen molar-refractivity contribution in [2.24, 2.45) is 0 Å². The minimum atomic E-state index is -0.191. The van der Waals surface area contributed by atoms with Gasteiger partial charge in [-0.15, -0.1) is 0 Å². The summed E-state index contributed by atoms with van der Waals surface area (Å²) in [5.74, 6) is 1.32. The van der Waals surface area contributed by atoms with Crippen LogP contribution in [0, 0.1) is 6.92 Å². The molecule has 1 amide bonds. The van der Waals surface area contributed by atoms with Gasteiger partial charge in [-0.1, -0.05) is 32.4 Å². The second-order valence-electron chi connectivity index (χ2n) is 7.86. The molecule has 0 aliphatic heterocycles. The lowest BCUT2D eigenvalue weighted by Gasteiger charge is -2.14. The van der Waals surface area contributed by atoms with Gasteiger partial charge in [0.15, 0.2) is 0 Å². The van der Waals surface area contributed by atoms with Gasteiger partial charge in [0.2, 0.25) is 0 Å². The van der Waals surface area contributed by atoms with Crippen molar-refractivity contribution in [1.29, 1.82) is 0 Å². The number of nitrogens with one attached hydrogen (secondary N) is 1. The molecular weight excluding hydrogens is 400 g/mol. The summed E-state index contributed by atoms with van der Waals surface area (Å²) in [4.78, 5) is 17.3. The molecule has 0 aliphatic rings. The van der Waals surface area contributed by atoms with Gasteiger partial charge in [-0.2, -0.15) is 0 Å². The molecule has 0 spiro atoms. The topological polar surface area (TPSA) is 60.5 Å². The van der Waals surface area contributed by atoms with Crippen LogP contribution in [0.15, 0.2) is 60.7 Å². The second kappa shape index (κ2) is 11.4. The number of hydrogen-bond acceptors (Lipinski definition) is 4. The molecule has 32 heavy (non-hydrogen) atoms. The van der Waals surface area contributed by atoms with Gasteiger partial charge in [0.25, 0.3) is 5.91 Å². The number of amides is 1. The third kappa shape index (κ3) is 6.41. The number of carbonyl (C=O) groups excluding carboxylic acids is 1. The van der Waals surface area contributed by atoms with Crippen LogP contribution < -0.4 is 10.1 Å². The maximum atomic E-state index is 12.7. The van der Waals surface area contributed by atoms with Crippen LogP contribution in [-0.4, -0.2) is 17.5 Å². The summed E-state index contributed by atoms with van der Waals surface area (Å²) < 4.78 is 11.6. The highest BCUT2D eigenvalue weighted by atomic mass is 16.5. The number of hydrogen-bond donors (Lipinski definition) is 1. The highest BCUT2D eigenvalue weighted by Gasteiger charge is 2.14. The number of nitrogens with zero attached hydrogens (tertiary/aromatic N) is 1. The molecule has 1 atom stereocenters. The minimum Gasteiger partial charge on any atom is -0.457 e. The van der Waals surface area contributed by atoms with Crippen LogP contribution in [0.5, 0.6) is 11.5 Å². The third-order valence-corrected chi connectivity index (χ3v) is 5.15. The molecule has 1 heterocycles. The lowest BCUT2D eigenvalue weighted by molar-refractivity contribution is 0.0632. The normalized spacial score (nSPS) is 11.8. The molecule has 3 rings (SSSR count). The number of ether oxygens (including phenoxy) is 2. The predicted molar refractivity (Wildman–Crippen MR) is 129 cm³/mol. The molecule has 5 nitrogen and oxygen atoms in total. The van der Waals surface area contributed by atoms with Gasteiger partial charge in [-0.3, -0.25) is 9.78 Å². The molecule has 0 bridgehead atoms. The molecule has 0 fully saturated rings. The van der Waals surface area contributed by atoms with E-state index < -0.39 is 0 Å². The van der Waals surface area contributed by atoms with E-state index in [4.69, 9.17) is 9.47 Å². The Morgan fingerprint density at radius 3 is 2.19 bits per heavy atom. The summed E-state index contributed by atoms with van der Waals surface area (Å²) in [6.45, 7) is 8.74. The van der Waals surface area contributed by atoms with Crippen molar-refractivity contribution in [2.75, 3.05) is 11.9 Å². The van der Waals surface area contributed by atoms with Crippen LogP contribution in [0.4, 0.5) is 5.69 Å². The Hall–Kier alpha value is -3.18. The molecule has 0 aliphatic carbocycles. The van der Waals surface area contributed by atoms with Gasteiger partial charge in [0.1, 0.15) is 11.5 Å². The molecule has 168 valence electrons. The number of carbonyl (C=O) groups is 1. The fourth-order valence-electron chi connectivity index (χ4n) is 3.38. The predicted octanol–water partition coefficient (Wildman–Crippen LogP) is 6.87. The van der Waals surface area contributed by atoms with E-state index in [0.29, 0.717) is 23.6 Å². The van der Waals surface area contributed by atoms with Gasteiger partial charge in [-0.05, 0) is 80.8 Å². The van der Waals surface area contributed by atoms with E-state index in [1.807, 2.05) is 56.3 Å². The Morgan fingerprint density at radius 2 is 1.59 bits per heavy atom. The molecule has 0 saturated carbocycles. The quantitative estimate of drug-likeness (QED) is 0.379. The summed E-state index contributed by atoms with van der Waals surface area (Å²) in [6, 6.07) is 19.1. The summed E-state index contributed by atoms with van der Waals surface area (Å²) in [5, 5.41) is 2.93. The lowest BCUT2D eigenvalue weighted by Crippen LogP contribution is -2.15. The number of aryl methyl sites for hydroxylation is 2. The van der Waals surface area contributed by atoms with Crippen LogP contribution >= 0.6 is 0 Å². The highest BCUT2D eigenvalue weighted by molar-refractivity contribution is 6.05. The molecule has 1 unspecified atom stereocenters. The van der Waals surface area contributed by atoms with E-state index in [0.717, 1.165) is 36.5 Å². The third-order valence-electron chi connectivity index (χ3n) is 5.15. The zero-order chi connectivity index (χ0) is 22.9. The molecule has 5 heteroatoms. The monoisotopic (exact) mass is 432 g/mol. The summed E-state index contributed by atoms with van der Waals surface area (Å²) in [6.07, 6.45) is 3.05. The largest absolute Gasteiger partial charge is 0.457 e. The molecule has 0 saturated heterocycles. The average Bonchev–Trinajstić information content (AvgIpc) is 2.80. The highest BCUT2D eigenvalue weighted by Crippen LogP contribution is 2.24. The van der Waals surface area contributed by atoms with E-state index in [1.54, 1.807) is 6.07 Å². The minimum absolute atomic E-state index is 0.0962. The van der Waals surface area contributed by atoms with Gasteiger partial charge < -0.3 is 14.8 Å². The number of pyridine rings is 1. The molecule has 0 radical (unpaired) electrons. The first-order chi connectivity index (χ1) is 15.5. The van der Waals surface area contributed by atoms with E-state index >= 15 is 0 Å². The first-order valence-electron chi connectivity index (χ1n) is 11.3. The maximum Gasteiger partial charge on any atom is 0.257 e. The van der Waals surface area contributed by atoms with Crippen LogP contribution in [0.2, 0.25) is 0 Å². The molecule has 2 aromatic carbocycles. The Morgan fingerprint density at radius 1 is 0.938 bits per heavy atom. The van der Waals surface area contributed by atoms with Gasteiger partial charge in [0, 0.05) is 12.3 Å². The average molecular weight is 433 g/mol. The molecular formula is C27H32N2O3. The number of aromatic nitrogens is 1. The van der Waals surface area contributed by atoms with Gasteiger partial charge >= 0.3 is 0 Å². The first kappa shape index (κ1) is 23.5. The van der Waals surface area contributed by atoms with Crippen LogP contribution in [0.25, 0.3) is 0 Å². The van der Waals surface area contributed by atoms with E-state index in [2.05, 4.69) is 36.3 Å². The second-order valence-corrected chi connectivity index (χ2v) is 7.86. The van der Waals surface area contributed by atoms with Crippen molar-refractivity contribution in [3.8, 4) is 11.5 Å². The Labute approximate surface area is 190 Å². The zero-order valence-corrected chi connectivity index (χ0v) is 19.4. The van der Waals surface area contributed by atoms with Crippen molar-refractivity contribution in [3.63, 3.8) is 0 Å². The molecule has 1 aromatic heterocycles. The van der Waals surface area contributed by atoms with Crippen molar-refractivity contribution in [3.05, 3.63) is 83.2 Å². The smallest absolute Gasteiger partial charge is 0.257 e. The Kier molecular flexibility index (Phi) is 8.40. The van der Waals surface area contributed by atoms with Crippen molar-refractivity contribution >= 4 is 11.6 Å². The SMILES string of the molecule is CCCOC(C)c1ccc(C(=O)Nc2ccc(Oc3ccc(CCC)cc3)cc2)c(C)n1. The number of benzene rings is 2. The first-order valence-corrected chi connectivity index (χ1v) is 11.3. The van der Waals surface area contributed by atoms with E-state index in [9.17, 15) is 4.79 Å². The van der Waals surface area contributed by atoms with Crippen molar-refractivity contribution in [1.82, 2.24) is 4.98 Å². The standard InChI is InChI=1S/C27H32N2O3/c1-5-7-21-8-12-23(13-9-21)32-24-14-10-22(11-15-24)29-27(30)25-16-17-26(28-19(25)3)20(4)31-18-6-2/h8-17,20H,5-7,18H2,1-4H3,(H,29,30). The Balaban J connectivity index is 1.60. The molecule has 3 aromatic rings. The fourth-order valence-corrected chi connectivity index (χ4v) is 3.38. The van der Waals surface area contributed by atoms with Gasteiger partial charge in [0.05, 0.1) is 23.1 Å². The van der Waals surface area contributed by atoms with Crippen molar-refractivity contribution < 1.29 is 14.3 Å². The lowest BCUT2D eigenvalue weighted by atomic mass is 10.1. The van der Waals surface area contributed by atoms with Crippen molar-refractivity contribution in [2.45, 2.75) is 53.1 Å². The zero-order valence-electron chi connectivity index (χ0n) is 19.4. The molecule has 1 N–H and O–H groups in total. The Bertz CT molecular complexity index is 1010. The number of anilines is 1. The van der Waals surface area contributed by atoms with Crippen LogP contribution in [0.3, 0.4) is 0 Å². The summed E-state index contributed by atoms with van der Waals surface area (Å²) in [7, 11) is 0. The fraction of sp³-hybridized carbons (Fsp3) is 0.333.